The lowest BCUT2D eigenvalue weighted by atomic mass is 9.77. The summed E-state index contributed by atoms with van der Waals surface area (Å²) in [6.45, 7) is 3.11. The Kier molecular flexibility index (Phi) is 4.79. The zero-order valence-corrected chi connectivity index (χ0v) is 13.0. The second kappa shape index (κ2) is 6.78. The molecule has 3 heteroatoms. The molecule has 3 unspecified atom stereocenters. The van der Waals surface area contributed by atoms with E-state index < -0.39 is 0 Å². The molecule has 2 N–H and O–H groups in total. The molecule has 0 spiro atoms. The Morgan fingerprint density at radius 3 is 2.62 bits per heavy atom. The lowest BCUT2D eigenvalue weighted by molar-refractivity contribution is 0.217. The van der Waals surface area contributed by atoms with Gasteiger partial charge in [-0.15, -0.1) is 0 Å². The molecule has 1 aliphatic carbocycles. The van der Waals surface area contributed by atoms with Crippen LogP contribution in [-0.2, 0) is 0 Å². The van der Waals surface area contributed by atoms with Crippen molar-refractivity contribution in [3.8, 4) is 0 Å². The molecule has 21 heavy (non-hydrogen) atoms. The Bertz CT molecular complexity index is 448. The predicted molar refractivity (Wildman–Crippen MR) is 86.1 cm³/mol. The summed E-state index contributed by atoms with van der Waals surface area (Å²) in [4.78, 5) is 0. The van der Waals surface area contributed by atoms with Gasteiger partial charge in [0.2, 0.25) is 0 Å². The summed E-state index contributed by atoms with van der Waals surface area (Å²) in [5.41, 5.74) is 1.93. The van der Waals surface area contributed by atoms with Crippen LogP contribution in [0.2, 0.25) is 0 Å². The third-order valence-electron chi connectivity index (χ3n) is 5.08. The Morgan fingerprint density at radius 2 is 1.86 bits per heavy atom. The quantitative estimate of drug-likeness (QED) is 0.869. The van der Waals surface area contributed by atoms with Gasteiger partial charge >= 0.3 is 0 Å². The van der Waals surface area contributed by atoms with E-state index in [2.05, 4.69) is 16.7 Å². The molecule has 1 heterocycles. The number of benzene rings is 1. The Morgan fingerprint density at radius 1 is 1.05 bits per heavy atom. The first-order valence-corrected chi connectivity index (χ1v) is 8.49. The van der Waals surface area contributed by atoms with E-state index in [4.69, 9.17) is 0 Å². The summed E-state index contributed by atoms with van der Waals surface area (Å²) in [5, 5.41) is 7.34. The summed E-state index contributed by atoms with van der Waals surface area (Å²) in [7, 11) is 0. The normalized spacial score (nSPS) is 30.1. The molecule has 2 nitrogen and oxygen atoms in total. The molecule has 1 saturated heterocycles. The van der Waals surface area contributed by atoms with Gasteiger partial charge in [-0.05, 0) is 68.8 Å². The fraction of sp³-hybridized carbons (Fsp3) is 0.667. The maximum absolute atomic E-state index is 13.6. The molecule has 0 bridgehead atoms. The summed E-state index contributed by atoms with van der Waals surface area (Å²) < 4.78 is 13.6. The minimum Gasteiger partial charge on any atom is -0.382 e. The summed E-state index contributed by atoms with van der Waals surface area (Å²) in [5.74, 6) is 0.545. The van der Waals surface area contributed by atoms with E-state index in [9.17, 15) is 4.39 Å². The van der Waals surface area contributed by atoms with E-state index >= 15 is 0 Å². The van der Waals surface area contributed by atoms with Crippen molar-refractivity contribution >= 4 is 5.69 Å². The zero-order valence-electron chi connectivity index (χ0n) is 13.0. The van der Waals surface area contributed by atoms with Crippen LogP contribution in [0, 0.1) is 18.7 Å². The van der Waals surface area contributed by atoms with E-state index in [0.717, 1.165) is 17.8 Å². The molecular weight excluding hydrogens is 263 g/mol. The van der Waals surface area contributed by atoms with Crippen LogP contribution in [0.4, 0.5) is 10.1 Å². The molecule has 2 fully saturated rings. The van der Waals surface area contributed by atoms with Gasteiger partial charge in [-0.3, -0.25) is 0 Å². The number of anilines is 1. The van der Waals surface area contributed by atoms with Gasteiger partial charge in [-0.25, -0.2) is 4.39 Å². The standard InChI is InChI=1S/C18H27FN2/c1-13-10-14(19)12-15(11-13)21-18-8-3-2-6-16(18)17-7-4-5-9-20-17/h10-12,16-18,20-21H,2-9H2,1H3. The van der Waals surface area contributed by atoms with Crippen molar-refractivity contribution in [1.29, 1.82) is 0 Å². The van der Waals surface area contributed by atoms with Crippen molar-refractivity contribution in [2.24, 2.45) is 5.92 Å². The van der Waals surface area contributed by atoms with Gasteiger partial charge in [-0.1, -0.05) is 19.3 Å². The van der Waals surface area contributed by atoms with Crippen LogP contribution in [0.5, 0.6) is 0 Å². The number of piperidine rings is 1. The number of rotatable bonds is 3. The van der Waals surface area contributed by atoms with Crippen molar-refractivity contribution < 1.29 is 4.39 Å². The zero-order chi connectivity index (χ0) is 14.7. The highest BCUT2D eigenvalue weighted by Gasteiger charge is 2.32. The van der Waals surface area contributed by atoms with E-state index in [0.29, 0.717) is 18.0 Å². The van der Waals surface area contributed by atoms with Crippen molar-refractivity contribution in [1.82, 2.24) is 5.32 Å². The number of hydrogen-bond acceptors (Lipinski definition) is 2. The predicted octanol–water partition coefficient (Wildman–Crippen LogP) is 4.25. The first kappa shape index (κ1) is 14.8. The molecule has 1 aromatic rings. The maximum Gasteiger partial charge on any atom is 0.125 e. The topological polar surface area (TPSA) is 24.1 Å². The van der Waals surface area contributed by atoms with Crippen LogP contribution in [0.25, 0.3) is 0 Å². The summed E-state index contributed by atoms with van der Waals surface area (Å²) in [6, 6.07) is 6.41. The van der Waals surface area contributed by atoms with Crippen molar-refractivity contribution in [2.45, 2.75) is 64.0 Å². The highest BCUT2D eigenvalue weighted by molar-refractivity contribution is 5.47. The van der Waals surface area contributed by atoms with Gasteiger partial charge in [0.15, 0.2) is 0 Å². The Balaban J connectivity index is 1.71. The molecule has 1 aliphatic heterocycles. The SMILES string of the molecule is Cc1cc(F)cc(NC2CCCCC2C2CCCCN2)c1. The molecule has 0 radical (unpaired) electrons. The van der Waals surface area contributed by atoms with Gasteiger partial charge in [0.1, 0.15) is 5.82 Å². The van der Waals surface area contributed by atoms with Crippen LogP contribution in [0.15, 0.2) is 18.2 Å². The van der Waals surface area contributed by atoms with E-state index in [1.165, 1.54) is 44.9 Å². The second-order valence-corrected chi connectivity index (χ2v) is 6.77. The van der Waals surface area contributed by atoms with E-state index in [1.54, 1.807) is 12.1 Å². The lowest BCUT2D eigenvalue weighted by Crippen LogP contribution is -2.48. The van der Waals surface area contributed by atoms with Gasteiger partial charge in [0.05, 0.1) is 0 Å². The lowest BCUT2D eigenvalue weighted by Gasteiger charge is -2.40. The first-order valence-electron chi connectivity index (χ1n) is 8.49. The number of hydrogen-bond donors (Lipinski definition) is 2. The van der Waals surface area contributed by atoms with E-state index in [1.807, 2.05) is 6.92 Å². The average molecular weight is 290 g/mol. The summed E-state index contributed by atoms with van der Waals surface area (Å²) in [6.07, 6.45) is 9.08. The first-order chi connectivity index (χ1) is 10.2. The van der Waals surface area contributed by atoms with Gasteiger partial charge in [-0.2, -0.15) is 0 Å². The van der Waals surface area contributed by atoms with Crippen LogP contribution in [0.3, 0.4) is 0 Å². The highest BCUT2D eigenvalue weighted by Crippen LogP contribution is 2.32. The third-order valence-corrected chi connectivity index (χ3v) is 5.08. The van der Waals surface area contributed by atoms with Crippen molar-refractivity contribution in [3.63, 3.8) is 0 Å². The molecule has 0 aromatic heterocycles. The highest BCUT2D eigenvalue weighted by atomic mass is 19.1. The largest absolute Gasteiger partial charge is 0.382 e. The number of nitrogens with one attached hydrogen (secondary N) is 2. The fourth-order valence-electron chi connectivity index (χ4n) is 4.10. The Hall–Kier alpha value is -1.09. The van der Waals surface area contributed by atoms with E-state index in [-0.39, 0.29) is 5.82 Å². The Labute approximate surface area is 127 Å². The molecule has 1 saturated carbocycles. The monoisotopic (exact) mass is 290 g/mol. The average Bonchev–Trinajstić information content (AvgIpc) is 2.48. The third kappa shape index (κ3) is 3.76. The molecule has 116 valence electrons. The maximum atomic E-state index is 13.6. The smallest absolute Gasteiger partial charge is 0.125 e. The molecule has 1 aromatic carbocycles. The number of aryl methyl sites for hydroxylation is 1. The minimum absolute atomic E-state index is 0.138. The van der Waals surface area contributed by atoms with Gasteiger partial charge < -0.3 is 10.6 Å². The van der Waals surface area contributed by atoms with Crippen molar-refractivity contribution in [3.05, 3.63) is 29.6 Å². The van der Waals surface area contributed by atoms with Crippen LogP contribution in [-0.4, -0.2) is 18.6 Å². The minimum atomic E-state index is -0.138. The van der Waals surface area contributed by atoms with Crippen LogP contribution in [0.1, 0.15) is 50.5 Å². The second-order valence-electron chi connectivity index (χ2n) is 6.77. The molecule has 3 atom stereocenters. The van der Waals surface area contributed by atoms with Gasteiger partial charge in [0, 0.05) is 17.8 Å². The molecular formula is C18H27FN2. The molecule has 0 amide bonds. The van der Waals surface area contributed by atoms with Crippen molar-refractivity contribution in [2.75, 3.05) is 11.9 Å². The molecule has 3 rings (SSSR count). The molecule has 2 aliphatic rings. The van der Waals surface area contributed by atoms with Gasteiger partial charge in [0.25, 0.3) is 0 Å². The van der Waals surface area contributed by atoms with Crippen LogP contribution >= 0.6 is 0 Å². The fourth-order valence-corrected chi connectivity index (χ4v) is 4.10. The van der Waals surface area contributed by atoms with Crippen LogP contribution < -0.4 is 10.6 Å². The number of halogens is 1. The summed E-state index contributed by atoms with van der Waals surface area (Å²) >= 11 is 0.